The molecule has 1 aliphatic rings. The first-order chi connectivity index (χ1) is 10.2. The van der Waals surface area contributed by atoms with Crippen LogP contribution in [-0.2, 0) is 11.2 Å². The highest BCUT2D eigenvalue weighted by atomic mass is 35.5. The zero-order chi connectivity index (χ0) is 14.6. The van der Waals surface area contributed by atoms with Crippen LogP contribution in [0.25, 0.3) is 21.7 Å². The molecular weight excluding hydrogens is 288 g/mol. The van der Waals surface area contributed by atoms with Crippen molar-refractivity contribution in [2.24, 2.45) is 0 Å². The van der Waals surface area contributed by atoms with Crippen molar-refractivity contribution in [3.63, 3.8) is 0 Å². The smallest absolute Gasteiger partial charge is 0.256 e. The Hall–Kier alpha value is -2.33. The zero-order valence-corrected chi connectivity index (χ0v) is 11.8. The van der Waals surface area contributed by atoms with Gasteiger partial charge in [0, 0.05) is 33.8 Å². The van der Waals surface area contributed by atoms with E-state index in [2.05, 4.69) is 10.3 Å². The van der Waals surface area contributed by atoms with Gasteiger partial charge in [-0.1, -0.05) is 12.1 Å². The lowest BCUT2D eigenvalue weighted by Crippen LogP contribution is -2.14. The summed E-state index contributed by atoms with van der Waals surface area (Å²) in [6.45, 7) is 0. The number of aromatic amines is 1. The van der Waals surface area contributed by atoms with Crippen LogP contribution in [0.15, 0.2) is 35.1 Å². The van der Waals surface area contributed by atoms with Gasteiger partial charge in [-0.3, -0.25) is 9.59 Å². The van der Waals surface area contributed by atoms with Crippen LogP contribution in [0, 0.1) is 0 Å². The van der Waals surface area contributed by atoms with Crippen molar-refractivity contribution >= 4 is 44.9 Å². The van der Waals surface area contributed by atoms with E-state index in [0.29, 0.717) is 11.8 Å². The fourth-order valence-electron chi connectivity index (χ4n) is 3.13. The van der Waals surface area contributed by atoms with Crippen LogP contribution in [0.5, 0.6) is 0 Å². The normalized spacial score (nSPS) is 12.4. The van der Waals surface area contributed by atoms with E-state index < -0.39 is 0 Å². The third-order valence-electron chi connectivity index (χ3n) is 3.97. The van der Waals surface area contributed by atoms with Crippen LogP contribution in [0.1, 0.15) is 11.1 Å². The number of hydrogen-bond acceptors (Lipinski definition) is 2. The lowest BCUT2D eigenvalue weighted by atomic mass is 10.1. The van der Waals surface area contributed by atoms with Gasteiger partial charge in [0.15, 0.2) is 0 Å². The average Bonchev–Trinajstić information content (AvgIpc) is 2.89. The quantitative estimate of drug-likeness (QED) is 0.441. The molecule has 2 aromatic carbocycles. The van der Waals surface area contributed by atoms with E-state index in [1.54, 1.807) is 0 Å². The number of rotatable bonds is 2. The summed E-state index contributed by atoms with van der Waals surface area (Å²) in [6, 6.07) is 9.38. The van der Waals surface area contributed by atoms with Gasteiger partial charge in [-0.15, -0.1) is 11.6 Å². The van der Waals surface area contributed by atoms with Gasteiger partial charge < -0.3 is 10.3 Å². The number of alkyl halides is 1. The van der Waals surface area contributed by atoms with Crippen molar-refractivity contribution in [1.82, 2.24) is 4.98 Å². The molecule has 0 aliphatic heterocycles. The molecule has 0 saturated carbocycles. The summed E-state index contributed by atoms with van der Waals surface area (Å²) in [5, 5.41) is 5.53. The van der Waals surface area contributed by atoms with Gasteiger partial charge in [-0.25, -0.2) is 0 Å². The minimum Gasteiger partial charge on any atom is -0.325 e. The van der Waals surface area contributed by atoms with Crippen LogP contribution in [0.2, 0.25) is 0 Å². The van der Waals surface area contributed by atoms with Gasteiger partial charge >= 0.3 is 0 Å². The molecule has 0 fully saturated rings. The summed E-state index contributed by atoms with van der Waals surface area (Å²) in [5.74, 6) is -0.310. The molecule has 0 spiro atoms. The number of aromatic nitrogens is 1. The Labute approximate surface area is 124 Å². The van der Waals surface area contributed by atoms with E-state index in [9.17, 15) is 9.59 Å². The zero-order valence-electron chi connectivity index (χ0n) is 11.0. The molecule has 0 saturated heterocycles. The molecule has 0 bridgehead atoms. The summed E-state index contributed by atoms with van der Waals surface area (Å²) >= 11 is 5.56. The molecule has 5 heteroatoms. The van der Waals surface area contributed by atoms with Crippen molar-refractivity contribution < 1.29 is 4.79 Å². The number of pyridine rings is 1. The SMILES string of the molecule is O=C(CCl)Nc1ccc2[nH]c(=O)c3cccc4c3c2c1C4. The molecule has 2 N–H and O–H groups in total. The molecule has 4 rings (SSSR count). The summed E-state index contributed by atoms with van der Waals surface area (Å²) in [5.41, 5.74) is 3.64. The molecule has 0 atom stereocenters. The lowest BCUT2D eigenvalue weighted by molar-refractivity contribution is -0.113. The number of benzene rings is 2. The van der Waals surface area contributed by atoms with Crippen molar-refractivity contribution in [2.45, 2.75) is 6.42 Å². The number of carbonyl (C=O) groups excluding carboxylic acids is 1. The maximum atomic E-state index is 12.1. The average molecular weight is 299 g/mol. The van der Waals surface area contributed by atoms with Crippen LogP contribution in [0.4, 0.5) is 5.69 Å². The first-order valence-corrected chi connectivity index (χ1v) is 7.18. The van der Waals surface area contributed by atoms with E-state index in [-0.39, 0.29) is 17.3 Å². The molecule has 104 valence electrons. The van der Waals surface area contributed by atoms with Crippen LogP contribution >= 0.6 is 11.6 Å². The Morgan fingerprint density at radius 3 is 2.90 bits per heavy atom. The summed E-state index contributed by atoms with van der Waals surface area (Å²) in [4.78, 5) is 26.6. The van der Waals surface area contributed by atoms with E-state index in [1.807, 2.05) is 30.3 Å². The van der Waals surface area contributed by atoms with Gasteiger partial charge in [0.25, 0.3) is 5.56 Å². The molecular formula is C16H11ClN2O2. The Balaban J connectivity index is 2.08. The van der Waals surface area contributed by atoms with E-state index >= 15 is 0 Å². The van der Waals surface area contributed by atoms with Crippen molar-refractivity contribution in [3.05, 3.63) is 51.8 Å². The second kappa shape index (κ2) is 4.33. The van der Waals surface area contributed by atoms with Crippen molar-refractivity contribution in [3.8, 4) is 0 Å². The topological polar surface area (TPSA) is 62.0 Å². The Bertz CT molecular complexity index is 975. The fourth-order valence-corrected chi connectivity index (χ4v) is 3.20. The number of carbonyl (C=O) groups is 1. The van der Waals surface area contributed by atoms with Gasteiger partial charge in [0.1, 0.15) is 5.88 Å². The summed E-state index contributed by atoms with van der Waals surface area (Å²) in [6.07, 6.45) is 0.708. The van der Waals surface area contributed by atoms with Gasteiger partial charge in [-0.05, 0) is 29.3 Å². The van der Waals surface area contributed by atoms with Crippen LogP contribution in [0.3, 0.4) is 0 Å². The van der Waals surface area contributed by atoms with Gasteiger partial charge in [0.2, 0.25) is 5.91 Å². The second-order valence-electron chi connectivity index (χ2n) is 5.17. The Kier molecular flexibility index (Phi) is 2.56. The third-order valence-corrected chi connectivity index (χ3v) is 4.21. The highest BCUT2D eigenvalue weighted by Gasteiger charge is 2.22. The van der Waals surface area contributed by atoms with E-state index in [4.69, 9.17) is 11.6 Å². The van der Waals surface area contributed by atoms with E-state index in [1.165, 1.54) is 0 Å². The van der Waals surface area contributed by atoms with E-state index in [0.717, 1.165) is 33.1 Å². The molecule has 3 aromatic rings. The minimum absolute atomic E-state index is 0.0779. The Morgan fingerprint density at radius 1 is 1.24 bits per heavy atom. The molecule has 0 unspecified atom stereocenters. The number of anilines is 1. The standard InChI is InChI=1S/C16H11ClN2O2/c17-7-13(20)18-11-4-5-12-15-10(11)6-8-2-1-3-9(14(8)15)16(21)19-12/h1-5H,6-7H2,(H,18,20)(H,19,21). The molecule has 4 nitrogen and oxygen atoms in total. The maximum absolute atomic E-state index is 12.1. The highest BCUT2D eigenvalue weighted by molar-refractivity contribution is 6.29. The molecule has 0 radical (unpaired) electrons. The second-order valence-corrected chi connectivity index (χ2v) is 5.43. The van der Waals surface area contributed by atoms with Gasteiger partial charge in [0.05, 0.1) is 0 Å². The summed E-state index contributed by atoms with van der Waals surface area (Å²) < 4.78 is 0. The third kappa shape index (κ3) is 1.69. The molecule has 1 heterocycles. The molecule has 21 heavy (non-hydrogen) atoms. The maximum Gasteiger partial charge on any atom is 0.256 e. The number of amides is 1. The first-order valence-electron chi connectivity index (χ1n) is 6.64. The highest BCUT2D eigenvalue weighted by Crippen LogP contribution is 2.39. The van der Waals surface area contributed by atoms with Crippen molar-refractivity contribution in [2.75, 3.05) is 11.2 Å². The fraction of sp³-hybridized carbons (Fsp3) is 0.125. The van der Waals surface area contributed by atoms with Crippen LogP contribution < -0.4 is 10.9 Å². The lowest BCUT2D eigenvalue weighted by Gasteiger charge is -2.09. The Morgan fingerprint density at radius 2 is 2.10 bits per heavy atom. The predicted octanol–water partition coefficient (Wildman–Crippen LogP) is 2.76. The minimum atomic E-state index is -0.233. The van der Waals surface area contributed by atoms with Crippen LogP contribution in [-0.4, -0.2) is 16.8 Å². The largest absolute Gasteiger partial charge is 0.325 e. The molecule has 1 aliphatic carbocycles. The first kappa shape index (κ1) is 12.4. The molecule has 1 aromatic heterocycles. The number of hydrogen-bond donors (Lipinski definition) is 2. The summed E-state index contributed by atoms with van der Waals surface area (Å²) in [7, 11) is 0. The van der Waals surface area contributed by atoms with Gasteiger partial charge in [-0.2, -0.15) is 0 Å². The number of halogens is 1. The monoisotopic (exact) mass is 298 g/mol. The predicted molar refractivity (Wildman–Crippen MR) is 84.2 cm³/mol. The van der Waals surface area contributed by atoms with Crippen molar-refractivity contribution in [1.29, 1.82) is 0 Å². The molecule has 1 amide bonds. The number of H-pyrrole nitrogens is 1. The number of nitrogens with one attached hydrogen (secondary N) is 2.